The fraction of sp³-hybridized carbons (Fsp3) is 0.533. The van der Waals surface area contributed by atoms with Crippen LogP contribution in [0.3, 0.4) is 0 Å². The molecule has 1 amide bonds. The fourth-order valence-corrected chi connectivity index (χ4v) is 2.48. The Morgan fingerprint density at radius 2 is 2.05 bits per heavy atom. The summed E-state index contributed by atoms with van der Waals surface area (Å²) < 4.78 is 16.4. The summed E-state index contributed by atoms with van der Waals surface area (Å²) in [6, 6.07) is 5.83. The lowest BCUT2D eigenvalue weighted by atomic mass is 10.1. The van der Waals surface area contributed by atoms with Gasteiger partial charge in [-0.25, -0.2) is 4.21 Å². The average Bonchev–Trinajstić information content (AvgIpc) is 2.40. The first-order chi connectivity index (χ1) is 9.52. The van der Waals surface area contributed by atoms with Crippen LogP contribution >= 0.6 is 0 Å². The van der Waals surface area contributed by atoms with Gasteiger partial charge in [0.25, 0.3) is 0 Å². The Morgan fingerprint density at radius 1 is 1.30 bits per heavy atom. The molecule has 112 valence electrons. The highest BCUT2D eigenvalue weighted by Gasteiger charge is 2.06. The molecule has 0 fully saturated rings. The number of amides is 1. The Balaban J connectivity index is 2.29. The van der Waals surface area contributed by atoms with Crippen molar-refractivity contribution < 1.29 is 13.2 Å². The van der Waals surface area contributed by atoms with E-state index in [1.807, 2.05) is 39.0 Å². The number of rotatable bonds is 8. The molecule has 1 N–H and O–H groups in total. The van der Waals surface area contributed by atoms with E-state index in [0.29, 0.717) is 25.2 Å². The molecule has 0 aliphatic carbocycles. The maximum absolute atomic E-state index is 11.8. The maximum atomic E-state index is 11.8. The van der Waals surface area contributed by atoms with Crippen LogP contribution in [-0.4, -0.2) is 22.5 Å². The van der Waals surface area contributed by atoms with E-state index in [-0.39, 0.29) is 5.91 Å². The third-order valence-corrected chi connectivity index (χ3v) is 3.98. The van der Waals surface area contributed by atoms with Crippen LogP contribution in [0, 0.1) is 13.8 Å². The molecule has 4 nitrogen and oxygen atoms in total. The van der Waals surface area contributed by atoms with E-state index in [1.54, 1.807) is 0 Å². The molecular weight excluding hydrogens is 274 g/mol. The third kappa shape index (κ3) is 6.30. The summed E-state index contributed by atoms with van der Waals surface area (Å²) in [5.74, 6) is 0.348. The van der Waals surface area contributed by atoms with Gasteiger partial charge in [-0.05, 0) is 49.9 Å². The lowest BCUT2D eigenvalue weighted by Crippen LogP contribution is -2.13. The number of benzene rings is 1. The second kappa shape index (κ2) is 8.87. The molecule has 0 spiro atoms. The molecule has 0 saturated heterocycles. The number of carbonyl (C=O) groups is 1. The summed E-state index contributed by atoms with van der Waals surface area (Å²) in [6.45, 7) is 6.52. The van der Waals surface area contributed by atoms with Crippen molar-refractivity contribution in [2.45, 2.75) is 40.0 Å². The van der Waals surface area contributed by atoms with E-state index in [2.05, 4.69) is 5.32 Å². The molecule has 1 aromatic rings. The molecule has 0 aliphatic heterocycles. The molecule has 0 aliphatic rings. The van der Waals surface area contributed by atoms with Gasteiger partial charge in [0.05, 0.1) is 12.4 Å². The van der Waals surface area contributed by atoms with Crippen molar-refractivity contribution in [3.05, 3.63) is 29.3 Å². The van der Waals surface area contributed by atoms with Gasteiger partial charge in [0, 0.05) is 12.1 Å². The van der Waals surface area contributed by atoms with Gasteiger partial charge in [0.15, 0.2) is 11.1 Å². The lowest BCUT2D eigenvalue weighted by molar-refractivity contribution is -0.116. The fourth-order valence-electron chi connectivity index (χ4n) is 1.63. The molecule has 20 heavy (non-hydrogen) atoms. The van der Waals surface area contributed by atoms with Crippen molar-refractivity contribution in [1.29, 1.82) is 0 Å². The molecule has 0 heterocycles. The predicted octanol–water partition coefficient (Wildman–Crippen LogP) is 3.11. The molecule has 1 rings (SSSR count). The normalized spacial score (nSPS) is 12.2. The van der Waals surface area contributed by atoms with Gasteiger partial charge in [0.2, 0.25) is 5.91 Å². The van der Waals surface area contributed by atoms with Gasteiger partial charge in [-0.3, -0.25) is 8.98 Å². The molecule has 0 radical (unpaired) electrons. The number of hydrogen-bond acceptors (Lipinski definition) is 3. The van der Waals surface area contributed by atoms with E-state index >= 15 is 0 Å². The Hall–Kier alpha value is -1.20. The summed E-state index contributed by atoms with van der Waals surface area (Å²) in [6.07, 6.45) is 1.76. The largest absolute Gasteiger partial charge is 0.326 e. The second-order valence-electron chi connectivity index (χ2n) is 4.78. The standard InChI is InChI=1S/C15H23NO3S/c1-4-9-19-20(18)10-5-6-15(17)16-14-8-7-12(2)13(3)11-14/h7-8,11H,4-6,9-10H2,1-3H3,(H,16,17). The van der Waals surface area contributed by atoms with Crippen molar-refractivity contribution in [3.63, 3.8) is 0 Å². The van der Waals surface area contributed by atoms with Crippen LogP contribution in [0.1, 0.15) is 37.3 Å². The molecule has 1 atom stereocenters. The van der Waals surface area contributed by atoms with Gasteiger partial charge in [-0.2, -0.15) is 0 Å². The zero-order valence-electron chi connectivity index (χ0n) is 12.4. The Labute approximate surface area is 123 Å². The molecule has 1 aromatic carbocycles. The van der Waals surface area contributed by atoms with Crippen LogP contribution in [0.5, 0.6) is 0 Å². The Kier molecular flexibility index (Phi) is 7.47. The highest BCUT2D eigenvalue weighted by atomic mass is 32.2. The SMILES string of the molecule is CCCOS(=O)CCCC(=O)Nc1ccc(C)c(C)c1. The first kappa shape index (κ1) is 16.9. The highest BCUT2D eigenvalue weighted by Crippen LogP contribution is 2.14. The summed E-state index contributed by atoms with van der Waals surface area (Å²) in [4.78, 5) is 11.8. The Morgan fingerprint density at radius 3 is 2.70 bits per heavy atom. The summed E-state index contributed by atoms with van der Waals surface area (Å²) >= 11 is -1.27. The first-order valence-electron chi connectivity index (χ1n) is 6.91. The van der Waals surface area contributed by atoms with E-state index in [1.165, 1.54) is 5.56 Å². The van der Waals surface area contributed by atoms with Crippen molar-refractivity contribution in [2.75, 3.05) is 17.7 Å². The minimum Gasteiger partial charge on any atom is -0.326 e. The van der Waals surface area contributed by atoms with Gasteiger partial charge >= 0.3 is 0 Å². The van der Waals surface area contributed by atoms with Crippen LogP contribution < -0.4 is 5.32 Å². The minimum atomic E-state index is -1.27. The van der Waals surface area contributed by atoms with Crippen molar-refractivity contribution in [1.82, 2.24) is 0 Å². The van der Waals surface area contributed by atoms with Gasteiger partial charge in [0.1, 0.15) is 0 Å². The van der Waals surface area contributed by atoms with E-state index in [9.17, 15) is 9.00 Å². The van der Waals surface area contributed by atoms with Gasteiger partial charge < -0.3 is 5.32 Å². The maximum Gasteiger partial charge on any atom is 0.224 e. The molecular formula is C15H23NO3S. The van der Waals surface area contributed by atoms with Crippen LogP contribution in [0.2, 0.25) is 0 Å². The molecule has 5 heteroatoms. The third-order valence-electron chi connectivity index (χ3n) is 2.92. The molecule has 1 unspecified atom stereocenters. The topological polar surface area (TPSA) is 55.4 Å². The second-order valence-corrected chi connectivity index (χ2v) is 6.03. The predicted molar refractivity (Wildman–Crippen MR) is 83.0 cm³/mol. The summed E-state index contributed by atoms with van der Waals surface area (Å²) in [7, 11) is 0. The molecule has 0 saturated carbocycles. The number of anilines is 1. The van der Waals surface area contributed by atoms with Crippen LogP contribution in [0.15, 0.2) is 18.2 Å². The van der Waals surface area contributed by atoms with Gasteiger partial charge in [-0.15, -0.1) is 0 Å². The zero-order chi connectivity index (χ0) is 15.0. The van der Waals surface area contributed by atoms with E-state index in [4.69, 9.17) is 4.18 Å². The van der Waals surface area contributed by atoms with Crippen LogP contribution in [-0.2, 0) is 20.1 Å². The van der Waals surface area contributed by atoms with Crippen molar-refractivity contribution in [2.24, 2.45) is 0 Å². The van der Waals surface area contributed by atoms with Gasteiger partial charge in [-0.1, -0.05) is 13.0 Å². The lowest BCUT2D eigenvalue weighted by Gasteiger charge is -2.07. The molecule has 0 aromatic heterocycles. The number of nitrogens with one attached hydrogen (secondary N) is 1. The minimum absolute atomic E-state index is 0.0549. The van der Waals surface area contributed by atoms with Crippen LogP contribution in [0.25, 0.3) is 0 Å². The zero-order valence-corrected chi connectivity index (χ0v) is 13.2. The quantitative estimate of drug-likeness (QED) is 0.802. The molecule has 0 bridgehead atoms. The highest BCUT2D eigenvalue weighted by molar-refractivity contribution is 7.80. The van der Waals surface area contributed by atoms with Crippen LogP contribution in [0.4, 0.5) is 5.69 Å². The number of carbonyl (C=O) groups excluding carboxylic acids is 1. The smallest absolute Gasteiger partial charge is 0.224 e. The summed E-state index contributed by atoms with van der Waals surface area (Å²) in [5.41, 5.74) is 3.16. The van der Waals surface area contributed by atoms with E-state index in [0.717, 1.165) is 17.7 Å². The number of hydrogen-bond donors (Lipinski definition) is 1. The monoisotopic (exact) mass is 297 g/mol. The van der Waals surface area contributed by atoms with Crippen molar-refractivity contribution >= 4 is 22.7 Å². The first-order valence-corrected chi connectivity index (χ1v) is 8.16. The number of aryl methyl sites for hydroxylation is 2. The Bertz CT molecular complexity index is 474. The van der Waals surface area contributed by atoms with E-state index < -0.39 is 11.1 Å². The average molecular weight is 297 g/mol. The summed E-state index contributed by atoms with van der Waals surface area (Å²) in [5, 5.41) is 2.85. The van der Waals surface area contributed by atoms with Crippen molar-refractivity contribution in [3.8, 4) is 0 Å².